The Kier molecular flexibility index (Phi) is 4.76. The van der Waals surface area contributed by atoms with Gasteiger partial charge in [0, 0.05) is 32.4 Å². The molecule has 0 fully saturated rings. The summed E-state index contributed by atoms with van der Waals surface area (Å²) < 4.78 is 0. The van der Waals surface area contributed by atoms with Crippen molar-refractivity contribution in [1.82, 2.24) is 5.06 Å². The van der Waals surface area contributed by atoms with Gasteiger partial charge in [0.15, 0.2) is 0 Å². The highest BCUT2D eigenvalue weighted by molar-refractivity contribution is 5.94. The number of hydrogen-bond donors (Lipinski definition) is 0. The second-order valence-corrected chi connectivity index (χ2v) is 5.87. The number of hydroxylamine groups is 2. The zero-order valence-electron chi connectivity index (χ0n) is 12.9. The Balaban J connectivity index is 2.77. The number of benzene rings is 1. The van der Waals surface area contributed by atoms with Crippen LogP contribution in [0.25, 0.3) is 0 Å². The largest absolute Gasteiger partial charge is 0.378 e. The van der Waals surface area contributed by atoms with Crippen molar-refractivity contribution < 1.29 is 14.4 Å². The molecule has 0 unspecified atom stereocenters. The van der Waals surface area contributed by atoms with Gasteiger partial charge in [0.25, 0.3) is 5.91 Å². The highest BCUT2D eigenvalue weighted by atomic mass is 16.7. The van der Waals surface area contributed by atoms with E-state index >= 15 is 0 Å². The standard InChI is InChI=1S/C15H22N2O3/c1-15(2,3)14(19)20-17(6)13(18)11-7-9-12(10-8-11)16(4)5/h7-10H,1-6H3. The fourth-order valence-electron chi connectivity index (χ4n) is 1.39. The third-order valence-electron chi connectivity index (χ3n) is 2.75. The van der Waals surface area contributed by atoms with Crippen LogP contribution in [0.3, 0.4) is 0 Å². The van der Waals surface area contributed by atoms with Crippen LogP contribution in [0.2, 0.25) is 0 Å². The average Bonchev–Trinajstić information content (AvgIpc) is 2.36. The van der Waals surface area contributed by atoms with Crippen LogP contribution in [-0.4, -0.2) is 38.1 Å². The maximum atomic E-state index is 12.1. The minimum Gasteiger partial charge on any atom is -0.378 e. The lowest BCUT2D eigenvalue weighted by Gasteiger charge is -2.22. The summed E-state index contributed by atoms with van der Waals surface area (Å²) in [6.07, 6.45) is 0. The smallest absolute Gasteiger partial charge is 0.337 e. The lowest BCUT2D eigenvalue weighted by atomic mass is 9.98. The first-order valence-corrected chi connectivity index (χ1v) is 6.41. The molecule has 0 N–H and O–H groups in total. The van der Waals surface area contributed by atoms with Crippen molar-refractivity contribution in [2.75, 3.05) is 26.0 Å². The highest BCUT2D eigenvalue weighted by Crippen LogP contribution is 2.17. The Labute approximate surface area is 120 Å². The van der Waals surface area contributed by atoms with E-state index in [-0.39, 0.29) is 5.91 Å². The van der Waals surface area contributed by atoms with E-state index in [4.69, 9.17) is 4.84 Å². The molecule has 0 saturated carbocycles. The van der Waals surface area contributed by atoms with Gasteiger partial charge in [0.2, 0.25) is 0 Å². The van der Waals surface area contributed by atoms with E-state index in [2.05, 4.69) is 0 Å². The number of rotatable bonds is 2. The molecule has 0 aliphatic heterocycles. The van der Waals surface area contributed by atoms with Gasteiger partial charge in [0.1, 0.15) is 0 Å². The minimum atomic E-state index is -0.649. The molecule has 0 radical (unpaired) electrons. The summed E-state index contributed by atoms with van der Waals surface area (Å²) >= 11 is 0. The Morgan fingerprint density at radius 1 is 1.00 bits per heavy atom. The first-order valence-electron chi connectivity index (χ1n) is 6.41. The molecule has 0 spiro atoms. The molecule has 1 rings (SSSR count). The number of carbonyl (C=O) groups is 2. The van der Waals surface area contributed by atoms with Crippen LogP contribution in [0.5, 0.6) is 0 Å². The van der Waals surface area contributed by atoms with Crippen LogP contribution < -0.4 is 4.90 Å². The zero-order valence-corrected chi connectivity index (χ0v) is 12.9. The van der Waals surface area contributed by atoms with Crippen LogP contribution in [-0.2, 0) is 9.63 Å². The molecule has 1 aromatic carbocycles. The quantitative estimate of drug-likeness (QED) is 0.779. The summed E-state index contributed by atoms with van der Waals surface area (Å²) in [5.74, 6) is -0.800. The van der Waals surface area contributed by atoms with E-state index in [1.807, 2.05) is 31.1 Å². The third-order valence-corrected chi connectivity index (χ3v) is 2.75. The Morgan fingerprint density at radius 3 is 1.90 bits per heavy atom. The average molecular weight is 278 g/mol. The van der Waals surface area contributed by atoms with Crippen molar-refractivity contribution in [3.63, 3.8) is 0 Å². The van der Waals surface area contributed by atoms with E-state index in [1.54, 1.807) is 32.9 Å². The second-order valence-electron chi connectivity index (χ2n) is 5.87. The first-order chi connectivity index (χ1) is 9.12. The molecular formula is C15H22N2O3. The van der Waals surface area contributed by atoms with Gasteiger partial charge < -0.3 is 9.74 Å². The maximum absolute atomic E-state index is 12.1. The lowest BCUT2D eigenvalue weighted by molar-refractivity contribution is -0.183. The molecule has 5 heteroatoms. The SMILES string of the molecule is CN(OC(=O)C(C)(C)C)C(=O)c1ccc(N(C)C)cc1. The van der Waals surface area contributed by atoms with Crippen LogP contribution in [0, 0.1) is 5.41 Å². The number of carbonyl (C=O) groups excluding carboxylic acids is 2. The normalized spacial score (nSPS) is 10.9. The molecule has 0 atom stereocenters. The third kappa shape index (κ3) is 3.98. The summed E-state index contributed by atoms with van der Waals surface area (Å²) in [4.78, 5) is 30.8. The topological polar surface area (TPSA) is 49.9 Å². The van der Waals surface area contributed by atoms with Gasteiger partial charge in [-0.05, 0) is 45.0 Å². The predicted molar refractivity (Wildman–Crippen MR) is 78.4 cm³/mol. The van der Waals surface area contributed by atoms with Crippen molar-refractivity contribution in [2.24, 2.45) is 5.41 Å². The molecule has 0 bridgehead atoms. The molecule has 0 saturated heterocycles. The van der Waals surface area contributed by atoms with Gasteiger partial charge >= 0.3 is 5.97 Å². The van der Waals surface area contributed by atoms with Crippen molar-refractivity contribution >= 4 is 17.6 Å². The number of amides is 1. The van der Waals surface area contributed by atoms with Gasteiger partial charge in [-0.1, -0.05) is 0 Å². The number of anilines is 1. The van der Waals surface area contributed by atoms with E-state index in [9.17, 15) is 9.59 Å². The molecule has 0 aliphatic carbocycles. The summed E-state index contributed by atoms with van der Waals surface area (Å²) in [6.45, 7) is 5.21. The highest BCUT2D eigenvalue weighted by Gasteiger charge is 2.27. The molecule has 0 heterocycles. The number of hydrogen-bond acceptors (Lipinski definition) is 4. The molecule has 1 amide bonds. The molecule has 0 aromatic heterocycles. The molecule has 20 heavy (non-hydrogen) atoms. The van der Waals surface area contributed by atoms with E-state index < -0.39 is 11.4 Å². The van der Waals surface area contributed by atoms with E-state index in [0.717, 1.165) is 10.8 Å². The first kappa shape index (κ1) is 16.0. The fourth-order valence-corrected chi connectivity index (χ4v) is 1.39. The fraction of sp³-hybridized carbons (Fsp3) is 0.467. The summed E-state index contributed by atoms with van der Waals surface area (Å²) in [5.41, 5.74) is 0.819. The van der Waals surface area contributed by atoms with Crippen LogP contribution in [0.4, 0.5) is 5.69 Å². The van der Waals surface area contributed by atoms with Crippen molar-refractivity contribution in [3.8, 4) is 0 Å². The monoisotopic (exact) mass is 278 g/mol. The lowest BCUT2D eigenvalue weighted by Crippen LogP contribution is -2.34. The maximum Gasteiger partial charge on any atom is 0.337 e. The van der Waals surface area contributed by atoms with Crippen molar-refractivity contribution in [1.29, 1.82) is 0 Å². The van der Waals surface area contributed by atoms with Crippen LogP contribution in [0.1, 0.15) is 31.1 Å². The molecule has 5 nitrogen and oxygen atoms in total. The Hall–Kier alpha value is -2.04. The van der Waals surface area contributed by atoms with Crippen molar-refractivity contribution in [2.45, 2.75) is 20.8 Å². The molecule has 1 aromatic rings. The van der Waals surface area contributed by atoms with Gasteiger partial charge in [-0.3, -0.25) is 4.79 Å². The summed E-state index contributed by atoms with van der Waals surface area (Å²) in [5, 5.41) is 0.970. The predicted octanol–water partition coefficient (Wildman–Crippen LogP) is 2.33. The van der Waals surface area contributed by atoms with Crippen LogP contribution in [0.15, 0.2) is 24.3 Å². The minimum absolute atomic E-state index is 0.354. The van der Waals surface area contributed by atoms with Crippen molar-refractivity contribution in [3.05, 3.63) is 29.8 Å². The molecular weight excluding hydrogens is 256 g/mol. The Bertz CT molecular complexity index is 487. The molecule has 110 valence electrons. The van der Waals surface area contributed by atoms with Gasteiger partial charge in [-0.15, -0.1) is 0 Å². The van der Waals surface area contributed by atoms with Crippen LogP contribution >= 0.6 is 0 Å². The van der Waals surface area contributed by atoms with Gasteiger partial charge in [-0.2, -0.15) is 5.06 Å². The van der Waals surface area contributed by atoms with E-state index in [0.29, 0.717) is 5.56 Å². The van der Waals surface area contributed by atoms with E-state index in [1.165, 1.54) is 7.05 Å². The summed E-state index contributed by atoms with van der Waals surface area (Å²) in [6, 6.07) is 7.09. The Morgan fingerprint density at radius 2 is 1.50 bits per heavy atom. The molecule has 0 aliphatic rings. The van der Waals surface area contributed by atoms with Gasteiger partial charge in [-0.25, -0.2) is 4.79 Å². The zero-order chi connectivity index (χ0) is 15.5. The number of nitrogens with zero attached hydrogens (tertiary/aromatic N) is 2. The second kappa shape index (κ2) is 5.94. The van der Waals surface area contributed by atoms with Gasteiger partial charge in [0.05, 0.1) is 5.41 Å². The summed E-state index contributed by atoms with van der Waals surface area (Å²) in [7, 11) is 5.29.